The number of para-hydroxylation sites is 1. The highest BCUT2D eigenvalue weighted by atomic mass is 16.3. The Kier molecular flexibility index (Phi) is 11.7. The van der Waals surface area contributed by atoms with Crippen LogP contribution in [0.1, 0.15) is 61.2 Å². The van der Waals surface area contributed by atoms with E-state index in [-0.39, 0.29) is 0 Å². The fraction of sp³-hybridized carbons (Fsp3) is 0.108. The Morgan fingerprint density at radius 2 is 0.870 bits per heavy atom. The fourth-order valence-corrected chi connectivity index (χ4v) is 12.4. The number of fused-ring (bicyclic) bond motifs is 7. The molecule has 1 aliphatic carbocycles. The second kappa shape index (κ2) is 18.9. The summed E-state index contributed by atoms with van der Waals surface area (Å²) >= 11 is 0. The summed E-state index contributed by atoms with van der Waals surface area (Å²) in [6, 6.07) is 88.0. The summed E-state index contributed by atoms with van der Waals surface area (Å²) in [6.07, 6.45) is 0. The van der Waals surface area contributed by atoms with Gasteiger partial charge in [-0.05, 0) is 188 Å². The van der Waals surface area contributed by atoms with Crippen LogP contribution in [0.2, 0.25) is 0 Å². The van der Waals surface area contributed by atoms with Gasteiger partial charge < -0.3 is 14.2 Å². The molecule has 0 bridgehead atoms. The molecule has 13 rings (SSSR count). The lowest BCUT2D eigenvalue weighted by Gasteiger charge is -2.36. The van der Waals surface area contributed by atoms with Crippen LogP contribution in [0.15, 0.2) is 241 Å². The van der Waals surface area contributed by atoms with Gasteiger partial charge in [0, 0.05) is 39.4 Å². The third-order valence-electron chi connectivity index (χ3n) is 16.2. The van der Waals surface area contributed by atoms with E-state index < -0.39 is 5.41 Å². The first-order valence-corrected chi connectivity index (χ1v) is 26.9. The highest BCUT2D eigenvalue weighted by Crippen LogP contribution is 2.62. The Labute approximate surface area is 453 Å². The Balaban J connectivity index is 1.13. The van der Waals surface area contributed by atoms with Gasteiger partial charge in [-0.1, -0.05) is 186 Å². The van der Waals surface area contributed by atoms with Gasteiger partial charge in [0.05, 0.1) is 16.5 Å². The average molecular weight is 993 g/mol. The van der Waals surface area contributed by atoms with Crippen LogP contribution in [0.3, 0.4) is 0 Å². The van der Waals surface area contributed by atoms with Gasteiger partial charge in [-0.25, -0.2) is 0 Å². The van der Waals surface area contributed by atoms with Crippen molar-refractivity contribution in [3.8, 4) is 33.4 Å². The minimum atomic E-state index is -0.795. The second-order valence-electron chi connectivity index (χ2n) is 21.4. The Morgan fingerprint density at radius 1 is 0.338 bits per heavy atom. The molecular formula is C74H60N2O. The number of benzene rings is 11. The largest absolute Gasteiger partial charge is 0.455 e. The molecular weight excluding hydrogens is 933 g/mol. The molecule has 0 aliphatic heterocycles. The summed E-state index contributed by atoms with van der Waals surface area (Å²) in [7, 11) is 0. The summed E-state index contributed by atoms with van der Waals surface area (Å²) in [5, 5.41) is 2.16. The molecule has 11 aromatic carbocycles. The maximum absolute atomic E-state index is 7.41. The van der Waals surface area contributed by atoms with Crippen molar-refractivity contribution in [3.05, 3.63) is 298 Å². The predicted octanol–water partition coefficient (Wildman–Crippen LogP) is 20.4. The Bertz CT molecular complexity index is 4190. The molecule has 0 saturated carbocycles. The topological polar surface area (TPSA) is 19.6 Å². The number of rotatable bonds is 10. The van der Waals surface area contributed by atoms with Gasteiger partial charge in [0.1, 0.15) is 11.2 Å². The summed E-state index contributed by atoms with van der Waals surface area (Å²) < 4.78 is 7.41. The van der Waals surface area contributed by atoms with E-state index in [1.165, 1.54) is 83.5 Å². The van der Waals surface area contributed by atoms with Crippen molar-refractivity contribution in [1.29, 1.82) is 0 Å². The minimum Gasteiger partial charge on any atom is -0.455 e. The lowest BCUT2D eigenvalue weighted by atomic mass is 9.67. The summed E-state index contributed by atoms with van der Waals surface area (Å²) in [5.74, 6) is 0. The van der Waals surface area contributed by atoms with E-state index in [2.05, 4.69) is 295 Å². The zero-order valence-corrected chi connectivity index (χ0v) is 44.8. The van der Waals surface area contributed by atoms with Gasteiger partial charge in [0.15, 0.2) is 0 Å². The number of anilines is 6. The van der Waals surface area contributed by atoms with Crippen molar-refractivity contribution in [2.45, 2.75) is 53.9 Å². The summed E-state index contributed by atoms with van der Waals surface area (Å²) in [5.41, 5.74) is 27.9. The lowest BCUT2D eigenvalue weighted by Crippen LogP contribution is -2.29. The van der Waals surface area contributed by atoms with E-state index >= 15 is 0 Å². The van der Waals surface area contributed by atoms with Gasteiger partial charge in [-0.2, -0.15) is 0 Å². The minimum absolute atomic E-state index is 0.795. The van der Waals surface area contributed by atoms with Crippen LogP contribution < -0.4 is 9.80 Å². The molecule has 12 aromatic rings. The SMILES string of the molecule is Cc1ccc(N(c2ccc(-c3ccccc3C)cc2)c2ccc3c(c2)C(c2cccc(C)c2)(c2cccc(C)c2)c2cc(N(c4ccc(C)cc4)c4ccc(-c5ccccc5C)cc4C)c4c(oc5ccccc54)c2-3)cc1. The first kappa shape index (κ1) is 47.5. The molecule has 3 heteroatoms. The average Bonchev–Trinajstić information content (AvgIpc) is 4.21. The zero-order chi connectivity index (χ0) is 52.5. The van der Waals surface area contributed by atoms with Crippen LogP contribution in [0.4, 0.5) is 34.1 Å². The Hall–Kier alpha value is -9.18. The number of furan rings is 1. The normalized spacial score (nSPS) is 12.5. The maximum atomic E-state index is 7.41. The summed E-state index contributed by atoms with van der Waals surface area (Å²) in [6.45, 7) is 15.4. The van der Waals surface area contributed by atoms with Gasteiger partial charge in [-0.15, -0.1) is 0 Å². The molecule has 372 valence electrons. The van der Waals surface area contributed by atoms with Gasteiger partial charge >= 0.3 is 0 Å². The number of nitrogens with zero attached hydrogens (tertiary/aromatic N) is 2. The van der Waals surface area contributed by atoms with E-state index in [0.29, 0.717) is 0 Å². The van der Waals surface area contributed by atoms with E-state index in [1.54, 1.807) is 0 Å². The molecule has 0 atom stereocenters. The Morgan fingerprint density at radius 3 is 1.47 bits per heavy atom. The third-order valence-corrected chi connectivity index (χ3v) is 16.2. The van der Waals surface area contributed by atoms with Crippen LogP contribution in [0.5, 0.6) is 0 Å². The molecule has 1 heterocycles. The first-order valence-electron chi connectivity index (χ1n) is 26.9. The summed E-state index contributed by atoms with van der Waals surface area (Å²) in [4.78, 5) is 4.92. The zero-order valence-electron chi connectivity index (χ0n) is 44.8. The smallest absolute Gasteiger partial charge is 0.145 e. The van der Waals surface area contributed by atoms with Crippen molar-refractivity contribution >= 4 is 56.1 Å². The molecule has 1 aromatic heterocycles. The highest BCUT2D eigenvalue weighted by molar-refractivity contribution is 6.19. The highest BCUT2D eigenvalue weighted by Gasteiger charge is 2.49. The molecule has 3 nitrogen and oxygen atoms in total. The molecule has 0 radical (unpaired) electrons. The van der Waals surface area contributed by atoms with E-state index in [1.807, 2.05) is 0 Å². The molecule has 0 fully saturated rings. The quantitative estimate of drug-likeness (QED) is 0.136. The molecule has 77 heavy (non-hydrogen) atoms. The standard InChI is InChI=1S/C74H60N2O/c1-47-26-33-58(34-27-47)75(59-37-30-54(31-38-59)62-22-10-8-18-51(62)5)61-39-40-64-66(45-61)74(56-20-14-16-49(3)42-56,57-21-15-17-50(4)43-57)67-46-69(72-65-24-12-13-25-70(65)77-73(72)71(64)67)76(60-35-28-48(2)29-36-60)68-41-32-55(44-53(68)7)63-23-11-9-19-52(63)6/h8-46H,1-7H3. The third kappa shape index (κ3) is 7.96. The number of hydrogen-bond donors (Lipinski definition) is 0. The lowest BCUT2D eigenvalue weighted by molar-refractivity contribution is 0.669. The molecule has 0 saturated heterocycles. The monoisotopic (exact) mass is 992 g/mol. The van der Waals surface area contributed by atoms with E-state index in [4.69, 9.17) is 4.42 Å². The molecule has 0 spiro atoms. The first-order chi connectivity index (χ1) is 37.5. The van der Waals surface area contributed by atoms with Crippen LogP contribution in [-0.2, 0) is 5.41 Å². The molecule has 1 aliphatic rings. The van der Waals surface area contributed by atoms with Crippen LogP contribution in [0, 0.1) is 48.5 Å². The van der Waals surface area contributed by atoms with Crippen LogP contribution in [0.25, 0.3) is 55.3 Å². The van der Waals surface area contributed by atoms with Crippen molar-refractivity contribution in [2.75, 3.05) is 9.80 Å². The van der Waals surface area contributed by atoms with Crippen molar-refractivity contribution < 1.29 is 4.42 Å². The molecule has 0 N–H and O–H groups in total. The van der Waals surface area contributed by atoms with Crippen molar-refractivity contribution in [1.82, 2.24) is 0 Å². The van der Waals surface area contributed by atoms with Gasteiger partial charge in [0.2, 0.25) is 0 Å². The van der Waals surface area contributed by atoms with Crippen molar-refractivity contribution in [2.24, 2.45) is 0 Å². The van der Waals surface area contributed by atoms with Gasteiger partial charge in [0.25, 0.3) is 0 Å². The molecule has 0 amide bonds. The number of hydrogen-bond acceptors (Lipinski definition) is 3. The van der Waals surface area contributed by atoms with Crippen molar-refractivity contribution in [3.63, 3.8) is 0 Å². The molecule has 0 unspecified atom stereocenters. The van der Waals surface area contributed by atoms with E-state index in [0.717, 1.165) is 67.2 Å². The number of aryl methyl sites for hydroxylation is 7. The van der Waals surface area contributed by atoms with Crippen LogP contribution >= 0.6 is 0 Å². The van der Waals surface area contributed by atoms with Crippen LogP contribution in [-0.4, -0.2) is 0 Å². The van der Waals surface area contributed by atoms with E-state index in [9.17, 15) is 0 Å². The second-order valence-corrected chi connectivity index (χ2v) is 21.4. The predicted molar refractivity (Wildman–Crippen MR) is 324 cm³/mol. The maximum Gasteiger partial charge on any atom is 0.145 e. The van der Waals surface area contributed by atoms with Gasteiger partial charge in [-0.3, -0.25) is 0 Å². The fourth-order valence-electron chi connectivity index (χ4n) is 12.4.